The topological polar surface area (TPSA) is 33.1 Å². The molecule has 2 rings (SSSR count). The smallest absolute Gasteiger partial charge is 0.123 e. The number of thiazole rings is 1. The summed E-state index contributed by atoms with van der Waals surface area (Å²) in [6, 6.07) is 7.97. The molecule has 0 aliphatic rings. The number of benzene rings is 1. The maximum absolute atomic E-state index is 8.90. The maximum atomic E-state index is 8.90. The van der Waals surface area contributed by atoms with Gasteiger partial charge >= 0.3 is 0 Å². The number of halogens is 1. The van der Waals surface area contributed by atoms with E-state index in [4.69, 9.17) is 5.11 Å². The van der Waals surface area contributed by atoms with Gasteiger partial charge < -0.3 is 5.11 Å². The summed E-state index contributed by atoms with van der Waals surface area (Å²) in [4.78, 5) is 5.12. The summed E-state index contributed by atoms with van der Waals surface area (Å²) in [7, 11) is 0. The molecule has 0 aliphatic carbocycles. The summed E-state index contributed by atoms with van der Waals surface area (Å²) in [6.45, 7) is 0.0637. The lowest BCUT2D eigenvalue weighted by Gasteiger charge is -1.95. The molecule has 0 spiro atoms. The van der Waals surface area contributed by atoms with E-state index >= 15 is 0 Å². The van der Waals surface area contributed by atoms with Crippen molar-refractivity contribution in [2.75, 3.05) is 0 Å². The highest BCUT2D eigenvalue weighted by molar-refractivity contribution is 9.10. The van der Waals surface area contributed by atoms with Crippen LogP contribution in [-0.4, -0.2) is 10.1 Å². The van der Waals surface area contributed by atoms with Crippen molar-refractivity contribution >= 4 is 27.3 Å². The fraction of sp³-hybridized carbons (Fsp3) is 0.100. The summed E-state index contributed by atoms with van der Waals surface area (Å²) in [6.07, 6.45) is 1.71. The minimum absolute atomic E-state index is 0.0637. The first-order chi connectivity index (χ1) is 6.79. The molecule has 0 unspecified atom stereocenters. The molecular weight excluding hydrogens is 262 g/mol. The number of hydrogen-bond donors (Lipinski definition) is 1. The predicted molar refractivity (Wildman–Crippen MR) is 61.2 cm³/mol. The molecule has 72 valence electrons. The van der Waals surface area contributed by atoms with Crippen LogP contribution in [0.2, 0.25) is 0 Å². The molecule has 0 aliphatic heterocycles. The normalized spacial score (nSPS) is 10.4. The van der Waals surface area contributed by atoms with Crippen LogP contribution in [0.1, 0.15) is 4.88 Å². The zero-order valence-electron chi connectivity index (χ0n) is 7.27. The highest BCUT2D eigenvalue weighted by atomic mass is 79.9. The summed E-state index contributed by atoms with van der Waals surface area (Å²) >= 11 is 4.90. The molecule has 4 heteroatoms. The van der Waals surface area contributed by atoms with Crippen molar-refractivity contribution in [3.05, 3.63) is 39.8 Å². The van der Waals surface area contributed by atoms with E-state index < -0.39 is 0 Å². The molecule has 1 aromatic heterocycles. The first kappa shape index (κ1) is 9.83. The Balaban J connectivity index is 2.34. The molecule has 1 N–H and O–H groups in total. The summed E-state index contributed by atoms with van der Waals surface area (Å²) < 4.78 is 1.06. The second kappa shape index (κ2) is 4.21. The van der Waals surface area contributed by atoms with E-state index in [-0.39, 0.29) is 6.61 Å². The van der Waals surface area contributed by atoms with Gasteiger partial charge in [-0.1, -0.05) is 28.1 Å². The highest BCUT2D eigenvalue weighted by Gasteiger charge is 2.03. The Morgan fingerprint density at radius 3 is 2.57 bits per heavy atom. The van der Waals surface area contributed by atoms with E-state index in [2.05, 4.69) is 20.9 Å². The largest absolute Gasteiger partial charge is 0.391 e. The number of aromatic nitrogens is 1. The third-order valence-electron chi connectivity index (χ3n) is 1.80. The summed E-state index contributed by atoms with van der Waals surface area (Å²) in [5, 5.41) is 9.85. The predicted octanol–water partition coefficient (Wildman–Crippen LogP) is 3.06. The average molecular weight is 270 g/mol. The zero-order chi connectivity index (χ0) is 9.97. The second-order valence-electron chi connectivity index (χ2n) is 2.80. The van der Waals surface area contributed by atoms with Gasteiger partial charge in [-0.3, -0.25) is 0 Å². The number of rotatable bonds is 2. The zero-order valence-corrected chi connectivity index (χ0v) is 9.68. The van der Waals surface area contributed by atoms with Gasteiger partial charge in [-0.15, -0.1) is 11.3 Å². The molecule has 2 nitrogen and oxygen atoms in total. The molecular formula is C10H8BrNOS. The summed E-state index contributed by atoms with van der Waals surface area (Å²) in [5.41, 5.74) is 1.08. The fourth-order valence-electron chi connectivity index (χ4n) is 1.11. The molecule has 0 saturated heterocycles. The van der Waals surface area contributed by atoms with E-state index in [1.165, 1.54) is 11.3 Å². The standard InChI is InChI=1S/C10H8BrNOS/c11-8-3-1-7(2-4-8)10-12-5-9(6-13)14-10/h1-5,13H,6H2. The van der Waals surface area contributed by atoms with Crippen LogP contribution in [-0.2, 0) is 6.61 Å². The van der Waals surface area contributed by atoms with Crippen LogP contribution in [0.3, 0.4) is 0 Å². The second-order valence-corrected chi connectivity index (χ2v) is 4.83. The van der Waals surface area contributed by atoms with E-state index in [0.717, 1.165) is 19.9 Å². The van der Waals surface area contributed by atoms with E-state index in [1.54, 1.807) is 6.20 Å². The van der Waals surface area contributed by atoms with Gasteiger partial charge in [-0.05, 0) is 12.1 Å². The Morgan fingerprint density at radius 2 is 2.00 bits per heavy atom. The van der Waals surface area contributed by atoms with Gasteiger partial charge in [-0.25, -0.2) is 4.98 Å². The number of aliphatic hydroxyl groups excluding tert-OH is 1. The quantitative estimate of drug-likeness (QED) is 0.909. The van der Waals surface area contributed by atoms with E-state index in [9.17, 15) is 0 Å². The van der Waals surface area contributed by atoms with Crippen molar-refractivity contribution < 1.29 is 5.11 Å². The van der Waals surface area contributed by atoms with Crippen molar-refractivity contribution in [2.24, 2.45) is 0 Å². The number of nitrogens with zero attached hydrogens (tertiary/aromatic N) is 1. The fourth-order valence-corrected chi connectivity index (χ4v) is 2.15. The third-order valence-corrected chi connectivity index (χ3v) is 3.36. The Labute approximate surface area is 94.4 Å². The Hall–Kier alpha value is -0.710. The van der Waals surface area contributed by atoms with Crippen molar-refractivity contribution in [3.8, 4) is 10.6 Å². The molecule has 1 heterocycles. The lowest BCUT2D eigenvalue weighted by atomic mass is 10.2. The third kappa shape index (κ3) is 2.03. The van der Waals surface area contributed by atoms with Gasteiger partial charge in [0.15, 0.2) is 0 Å². The molecule has 0 radical (unpaired) electrons. The average Bonchev–Trinajstić information content (AvgIpc) is 2.67. The van der Waals surface area contributed by atoms with Gasteiger partial charge in [0.25, 0.3) is 0 Å². The molecule has 1 aromatic carbocycles. The van der Waals surface area contributed by atoms with Crippen LogP contribution < -0.4 is 0 Å². The van der Waals surface area contributed by atoms with Gasteiger partial charge in [0, 0.05) is 16.2 Å². The van der Waals surface area contributed by atoms with Gasteiger partial charge in [-0.2, -0.15) is 0 Å². The first-order valence-electron chi connectivity index (χ1n) is 4.11. The lowest BCUT2D eigenvalue weighted by Crippen LogP contribution is -1.73. The lowest BCUT2D eigenvalue weighted by molar-refractivity contribution is 0.285. The Kier molecular flexibility index (Phi) is 2.96. The van der Waals surface area contributed by atoms with Crippen LogP contribution >= 0.6 is 27.3 Å². The van der Waals surface area contributed by atoms with Crippen LogP contribution in [0.15, 0.2) is 34.9 Å². The molecule has 2 aromatic rings. The Bertz CT molecular complexity index is 424. The number of hydrogen-bond acceptors (Lipinski definition) is 3. The van der Waals surface area contributed by atoms with Gasteiger partial charge in [0.05, 0.1) is 11.5 Å². The van der Waals surface area contributed by atoms with Crippen molar-refractivity contribution in [1.82, 2.24) is 4.98 Å². The molecule has 0 atom stereocenters. The molecule has 14 heavy (non-hydrogen) atoms. The van der Waals surface area contributed by atoms with Crippen LogP contribution in [0.4, 0.5) is 0 Å². The minimum Gasteiger partial charge on any atom is -0.391 e. The number of aliphatic hydroxyl groups is 1. The minimum atomic E-state index is 0.0637. The molecule has 0 bridgehead atoms. The van der Waals surface area contributed by atoms with Gasteiger partial charge in [0.2, 0.25) is 0 Å². The highest BCUT2D eigenvalue weighted by Crippen LogP contribution is 2.26. The summed E-state index contributed by atoms with van der Waals surface area (Å²) in [5.74, 6) is 0. The monoisotopic (exact) mass is 269 g/mol. The van der Waals surface area contributed by atoms with E-state index in [1.807, 2.05) is 24.3 Å². The van der Waals surface area contributed by atoms with Crippen molar-refractivity contribution in [1.29, 1.82) is 0 Å². The molecule has 0 saturated carbocycles. The van der Waals surface area contributed by atoms with Crippen LogP contribution in [0, 0.1) is 0 Å². The Morgan fingerprint density at radius 1 is 1.29 bits per heavy atom. The molecule has 0 amide bonds. The van der Waals surface area contributed by atoms with Gasteiger partial charge in [0.1, 0.15) is 5.01 Å². The van der Waals surface area contributed by atoms with Crippen molar-refractivity contribution in [2.45, 2.75) is 6.61 Å². The maximum Gasteiger partial charge on any atom is 0.123 e. The first-order valence-corrected chi connectivity index (χ1v) is 5.72. The van der Waals surface area contributed by atoms with E-state index in [0.29, 0.717) is 0 Å². The van der Waals surface area contributed by atoms with Crippen LogP contribution in [0.25, 0.3) is 10.6 Å². The van der Waals surface area contributed by atoms with Crippen molar-refractivity contribution in [3.63, 3.8) is 0 Å². The molecule has 0 fully saturated rings. The SMILES string of the molecule is OCc1cnc(-c2ccc(Br)cc2)s1. The van der Waals surface area contributed by atoms with Crippen LogP contribution in [0.5, 0.6) is 0 Å².